The lowest BCUT2D eigenvalue weighted by atomic mass is 10.1. The predicted octanol–water partition coefficient (Wildman–Crippen LogP) is 4.61. The zero-order valence-corrected chi connectivity index (χ0v) is 20.4. The lowest BCUT2D eigenvalue weighted by Crippen LogP contribution is -2.44. The van der Waals surface area contributed by atoms with E-state index in [4.69, 9.17) is 11.6 Å². The summed E-state index contributed by atoms with van der Waals surface area (Å²) in [6.45, 7) is 3.35. The summed E-state index contributed by atoms with van der Waals surface area (Å²) in [6, 6.07) is 1.86. The minimum Gasteiger partial charge on any atom is -0.374 e. The van der Waals surface area contributed by atoms with Gasteiger partial charge in [0, 0.05) is 24.7 Å². The van der Waals surface area contributed by atoms with Crippen molar-refractivity contribution in [3.8, 4) is 5.69 Å². The van der Waals surface area contributed by atoms with E-state index in [9.17, 15) is 36.6 Å². The lowest BCUT2D eigenvalue weighted by Gasteiger charge is -2.24. The molecule has 1 aliphatic rings. The highest BCUT2D eigenvalue weighted by Crippen LogP contribution is 2.31. The van der Waals surface area contributed by atoms with Gasteiger partial charge in [-0.1, -0.05) is 25.4 Å². The fourth-order valence-electron chi connectivity index (χ4n) is 4.27. The first-order valence-corrected chi connectivity index (χ1v) is 11.7. The molecule has 37 heavy (non-hydrogen) atoms. The first kappa shape index (κ1) is 27.0. The normalized spacial score (nSPS) is 18.0. The molecule has 3 atom stereocenters. The van der Waals surface area contributed by atoms with E-state index in [1.807, 2.05) is 5.32 Å². The molecule has 2 aromatic heterocycles. The van der Waals surface area contributed by atoms with Crippen LogP contribution < -0.4 is 15.6 Å². The first-order chi connectivity index (χ1) is 17.3. The Morgan fingerprint density at radius 2 is 1.95 bits per heavy atom. The molecule has 13 heteroatoms. The molecule has 1 aliphatic heterocycles. The van der Waals surface area contributed by atoms with Crippen LogP contribution in [0.1, 0.15) is 38.5 Å². The average Bonchev–Trinajstić information content (AvgIpc) is 3.15. The first-order valence-electron chi connectivity index (χ1n) is 11.4. The van der Waals surface area contributed by atoms with Gasteiger partial charge in [-0.3, -0.25) is 24.4 Å². The number of hydrogen-bond acceptors (Lipinski definition) is 5. The zero-order chi connectivity index (χ0) is 27.2. The van der Waals surface area contributed by atoms with Crippen molar-refractivity contribution in [2.75, 3.05) is 11.4 Å². The summed E-state index contributed by atoms with van der Waals surface area (Å²) in [5, 5.41) is 11.9. The summed E-state index contributed by atoms with van der Waals surface area (Å²) in [7, 11) is 0. The van der Waals surface area contributed by atoms with Crippen LogP contribution in [0.15, 0.2) is 35.3 Å². The molecule has 3 aromatic rings. The summed E-state index contributed by atoms with van der Waals surface area (Å²) in [5.74, 6) is -2.45. The minimum absolute atomic E-state index is 0.156. The van der Waals surface area contributed by atoms with Crippen molar-refractivity contribution in [1.82, 2.24) is 14.9 Å². The number of benzene rings is 1. The predicted molar refractivity (Wildman–Crippen MR) is 127 cm³/mol. The van der Waals surface area contributed by atoms with Crippen LogP contribution in [0.3, 0.4) is 0 Å². The van der Waals surface area contributed by atoms with E-state index >= 15 is 0 Å². The standard InChI is InChI=1S/C24H22ClF5N4O3/c1-3-17(24(28,29)30)31-22(36)14-10-34(19-15(25)8-12(26)9-16(19)27)21-13(20(14)35)4-5-18(32-21)33-7-6-11(2)23(33)37/h4-5,8-11,17,22,31,36H,3,6-7H2,1-2H3/t11?,17-,22?/m0/s1. The molecule has 0 radical (unpaired) electrons. The third-order valence-corrected chi connectivity index (χ3v) is 6.58. The number of nitrogens with zero attached hydrogens (tertiary/aromatic N) is 3. The maximum Gasteiger partial charge on any atom is 0.403 e. The van der Waals surface area contributed by atoms with Crippen molar-refractivity contribution in [2.45, 2.75) is 45.1 Å². The minimum atomic E-state index is -4.71. The summed E-state index contributed by atoms with van der Waals surface area (Å²) in [4.78, 5) is 31.5. The van der Waals surface area contributed by atoms with Gasteiger partial charge in [-0.05, 0) is 31.0 Å². The Morgan fingerprint density at radius 1 is 1.24 bits per heavy atom. The SMILES string of the molecule is CC[C@H](NC(O)c1cn(-c2c(F)cc(F)cc2Cl)c2nc(N3CCC(C)C3=O)ccc2c1=O)C(F)(F)F. The molecular formula is C24H22ClF5N4O3. The van der Waals surface area contributed by atoms with Gasteiger partial charge in [0.05, 0.1) is 16.0 Å². The number of anilines is 1. The number of alkyl halides is 3. The Hall–Kier alpha value is -3.09. The molecule has 0 aliphatic carbocycles. The molecular weight excluding hydrogens is 523 g/mol. The number of amides is 1. The Bertz CT molecular complexity index is 1400. The molecule has 2 N–H and O–H groups in total. The quantitative estimate of drug-likeness (QED) is 0.349. The van der Waals surface area contributed by atoms with Gasteiger partial charge in [-0.25, -0.2) is 13.8 Å². The van der Waals surface area contributed by atoms with Gasteiger partial charge >= 0.3 is 6.18 Å². The zero-order valence-electron chi connectivity index (χ0n) is 19.6. The van der Waals surface area contributed by atoms with Crippen molar-refractivity contribution in [2.24, 2.45) is 5.92 Å². The van der Waals surface area contributed by atoms with Crippen molar-refractivity contribution in [3.05, 3.63) is 62.9 Å². The summed E-state index contributed by atoms with van der Waals surface area (Å²) < 4.78 is 69.5. The molecule has 1 aromatic carbocycles. The van der Waals surface area contributed by atoms with Crippen molar-refractivity contribution >= 4 is 34.4 Å². The summed E-state index contributed by atoms with van der Waals surface area (Å²) in [5.41, 5.74) is -2.06. The third kappa shape index (κ3) is 5.05. The molecule has 7 nitrogen and oxygen atoms in total. The number of hydrogen-bond donors (Lipinski definition) is 2. The maximum absolute atomic E-state index is 15.0. The largest absolute Gasteiger partial charge is 0.403 e. The molecule has 2 unspecified atom stereocenters. The van der Waals surface area contributed by atoms with Gasteiger partial charge in [0.15, 0.2) is 16.9 Å². The van der Waals surface area contributed by atoms with Crippen molar-refractivity contribution in [3.63, 3.8) is 0 Å². The summed E-state index contributed by atoms with van der Waals surface area (Å²) >= 11 is 6.12. The molecule has 0 spiro atoms. The Morgan fingerprint density at radius 3 is 2.51 bits per heavy atom. The molecule has 198 valence electrons. The van der Waals surface area contributed by atoms with Crippen LogP contribution in [-0.2, 0) is 4.79 Å². The average molecular weight is 545 g/mol. The van der Waals surface area contributed by atoms with Gasteiger partial charge < -0.3 is 5.11 Å². The second-order valence-electron chi connectivity index (χ2n) is 8.79. The van der Waals surface area contributed by atoms with E-state index in [1.54, 1.807) is 6.92 Å². The van der Waals surface area contributed by atoms with Gasteiger partial charge in [0.25, 0.3) is 0 Å². The number of carbonyl (C=O) groups is 1. The number of pyridine rings is 2. The molecule has 3 heterocycles. The highest BCUT2D eigenvalue weighted by molar-refractivity contribution is 6.32. The van der Waals surface area contributed by atoms with Crippen LogP contribution in [0.5, 0.6) is 0 Å². The van der Waals surface area contributed by atoms with E-state index in [0.717, 1.165) is 16.8 Å². The Labute approximate surface area is 212 Å². The van der Waals surface area contributed by atoms with Gasteiger partial charge in [0.2, 0.25) is 5.91 Å². The summed E-state index contributed by atoms with van der Waals surface area (Å²) in [6.07, 6.45) is -5.78. The van der Waals surface area contributed by atoms with Crippen LogP contribution in [0.4, 0.5) is 27.8 Å². The van der Waals surface area contributed by atoms with Crippen LogP contribution in [0.25, 0.3) is 16.7 Å². The second-order valence-corrected chi connectivity index (χ2v) is 9.20. The van der Waals surface area contributed by atoms with E-state index in [2.05, 4.69) is 4.98 Å². The van der Waals surface area contributed by atoms with Crippen LogP contribution in [0.2, 0.25) is 5.02 Å². The highest BCUT2D eigenvalue weighted by atomic mass is 35.5. The van der Waals surface area contributed by atoms with E-state index in [-0.39, 0.29) is 28.7 Å². The van der Waals surface area contributed by atoms with Gasteiger partial charge in [0.1, 0.15) is 29.6 Å². The van der Waals surface area contributed by atoms with E-state index in [0.29, 0.717) is 19.0 Å². The Kier molecular flexibility index (Phi) is 7.28. The third-order valence-electron chi connectivity index (χ3n) is 6.29. The van der Waals surface area contributed by atoms with Crippen molar-refractivity contribution < 1.29 is 31.9 Å². The number of aliphatic hydroxyl groups is 1. The van der Waals surface area contributed by atoms with Gasteiger partial charge in [-0.15, -0.1) is 0 Å². The number of aromatic nitrogens is 2. The number of nitrogens with one attached hydrogen (secondary N) is 1. The molecule has 0 saturated carbocycles. The topological polar surface area (TPSA) is 87.5 Å². The number of fused-ring (bicyclic) bond motifs is 1. The lowest BCUT2D eigenvalue weighted by molar-refractivity contribution is -0.164. The Balaban J connectivity index is 1.95. The second kappa shape index (κ2) is 9.99. The van der Waals surface area contributed by atoms with E-state index in [1.165, 1.54) is 24.0 Å². The number of aliphatic hydroxyl groups excluding tert-OH is 1. The highest BCUT2D eigenvalue weighted by Gasteiger charge is 2.40. The van der Waals surface area contributed by atoms with Crippen LogP contribution in [-0.4, -0.2) is 39.3 Å². The molecule has 4 rings (SSSR count). The number of rotatable bonds is 6. The van der Waals surface area contributed by atoms with Crippen LogP contribution >= 0.6 is 11.6 Å². The fourth-order valence-corrected chi connectivity index (χ4v) is 4.55. The monoisotopic (exact) mass is 544 g/mol. The number of halogens is 6. The maximum atomic E-state index is 15.0. The van der Waals surface area contributed by atoms with Crippen LogP contribution in [0, 0.1) is 17.6 Å². The smallest absolute Gasteiger partial charge is 0.374 e. The van der Waals surface area contributed by atoms with Gasteiger partial charge in [-0.2, -0.15) is 13.2 Å². The molecule has 1 fully saturated rings. The molecule has 0 bridgehead atoms. The van der Waals surface area contributed by atoms with E-state index < -0.39 is 58.2 Å². The molecule has 1 amide bonds. The fraction of sp³-hybridized carbons (Fsp3) is 0.375. The number of carbonyl (C=O) groups excluding carboxylic acids is 1. The van der Waals surface area contributed by atoms with Crippen molar-refractivity contribution in [1.29, 1.82) is 0 Å². The molecule has 1 saturated heterocycles.